The van der Waals surface area contributed by atoms with E-state index in [0.29, 0.717) is 43.2 Å². The van der Waals surface area contributed by atoms with Crippen molar-refractivity contribution in [3.8, 4) is 11.8 Å². The third kappa shape index (κ3) is 4.39. The first-order chi connectivity index (χ1) is 20.5. The fraction of sp³-hybridized carbons (Fsp3) is 0.576. The van der Waals surface area contributed by atoms with Gasteiger partial charge in [-0.1, -0.05) is 13.0 Å². The molecule has 8 rings (SSSR count). The van der Waals surface area contributed by atoms with E-state index in [0.717, 1.165) is 67.1 Å². The van der Waals surface area contributed by atoms with E-state index in [4.69, 9.17) is 14.7 Å². The monoisotopic (exact) mass is 572 g/mol. The van der Waals surface area contributed by atoms with Crippen LogP contribution in [0, 0.1) is 5.82 Å². The van der Waals surface area contributed by atoms with E-state index in [9.17, 15) is 9.50 Å². The van der Waals surface area contributed by atoms with Crippen molar-refractivity contribution < 1.29 is 14.2 Å². The number of halogens is 1. The van der Waals surface area contributed by atoms with Crippen molar-refractivity contribution in [3.63, 3.8) is 0 Å². The molecule has 2 atom stereocenters. The van der Waals surface area contributed by atoms with Crippen molar-refractivity contribution in [1.82, 2.24) is 20.2 Å². The second-order valence-corrected chi connectivity index (χ2v) is 13.1. The van der Waals surface area contributed by atoms with Crippen LogP contribution in [0.2, 0.25) is 0 Å². The molecule has 42 heavy (non-hydrogen) atoms. The second-order valence-electron chi connectivity index (χ2n) is 13.1. The number of phenolic OH excluding ortho intramolecular Hbond substituents is 1. The Hall–Kier alpha value is -3.17. The molecule has 2 N–H and O–H groups in total. The number of nitrogens with one attached hydrogen (secondary N) is 1. The van der Waals surface area contributed by atoms with Crippen molar-refractivity contribution in [2.24, 2.45) is 0 Å². The molecule has 4 fully saturated rings. The molecule has 0 amide bonds. The number of nitrogens with zero attached hydrogens (tertiary/aromatic N) is 5. The highest BCUT2D eigenvalue weighted by atomic mass is 19.1. The maximum atomic E-state index is 15.0. The summed E-state index contributed by atoms with van der Waals surface area (Å²) in [5, 5.41) is 16.1. The van der Waals surface area contributed by atoms with Crippen LogP contribution in [0.1, 0.15) is 62.3 Å². The molecule has 2 bridgehead atoms. The Morgan fingerprint density at radius 3 is 2.60 bits per heavy atom. The Morgan fingerprint density at radius 2 is 1.83 bits per heavy atom. The van der Waals surface area contributed by atoms with Crippen LogP contribution in [0.3, 0.4) is 0 Å². The lowest BCUT2D eigenvalue weighted by atomic mass is 9.95. The molecule has 0 saturated carbocycles. The minimum atomic E-state index is -0.199. The quantitative estimate of drug-likeness (QED) is 0.446. The number of piperazine rings is 1. The smallest absolute Gasteiger partial charge is 0.318 e. The number of anilines is 2. The van der Waals surface area contributed by atoms with Crippen molar-refractivity contribution in [1.29, 1.82) is 0 Å². The predicted molar refractivity (Wildman–Crippen MR) is 162 cm³/mol. The second kappa shape index (κ2) is 10.2. The fourth-order valence-corrected chi connectivity index (χ4v) is 8.62. The summed E-state index contributed by atoms with van der Waals surface area (Å²) in [5.74, 6) is 1.02. The fourth-order valence-electron chi connectivity index (χ4n) is 8.62. The lowest BCUT2D eigenvalue weighted by Gasteiger charge is -2.38. The van der Waals surface area contributed by atoms with Gasteiger partial charge >= 0.3 is 6.01 Å². The number of benzene rings is 2. The molecule has 9 heteroatoms. The average Bonchev–Trinajstić information content (AvgIpc) is 3.68. The molecule has 3 aromatic rings. The number of aryl methyl sites for hydroxylation is 1. The molecule has 4 saturated heterocycles. The van der Waals surface area contributed by atoms with Gasteiger partial charge in [-0.2, -0.15) is 9.97 Å². The first-order valence-electron chi connectivity index (χ1n) is 16.0. The zero-order valence-electron chi connectivity index (χ0n) is 24.5. The molecule has 0 aliphatic carbocycles. The molecule has 6 heterocycles. The summed E-state index contributed by atoms with van der Waals surface area (Å²) in [6.07, 6.45) is 8.62. The largest absolute Gasteiger partial charge is 0.508 e. The van der Waals surface area contributed by atoms with E-state index in [1.165, 1.54) is 50.2 Å². The van der Waals surface area contributed by atoms with Crippen molar-refractivity contribution in [2.45, 2.75) is 82.5 Å². The predicted octanol–water partition coefficient (Wildman–Crippen LogP) is 4.55. The van der Waals surface area contributed by atoms with E-state index in [1.54, 1.807) is 18.2 Å². The molecule has 2 aromatic carbocycles. The van der Waals surface area contributed by atoms with Crippen LogP contribution in [-0.2, 0) is 19.4 Å². The van der Waals surface area contributed by atoms with Gasteiger partial charge in [0.1, 0.15) is 24.0 Å². The summed E-state index contributed by atoms with van der Waals surface area (Å²) in [6, 6.07) is 8.28. The number of phenols is 1. The molecule has 0 spiro atoms. The molecule has 8 nitrogen and oxygen atoms in total. The van der Waals surface area contributed by atoms with Crippen LogP contribution in [0.4, 0.5) is 15.9 Å². The van der Waals surface area contributed by atoms with Crippen molar-refractivity contribution in [3.05, 3.63) is 46.9 Å². The average molecular weight is 573 g/mol. The van der Waals surface area contributed by atoms with Gasteiger partial charge in [0.2, 0.25) is 0 Å². The number of fused-ring (bicyclic) bond motifs is 5. The summed E-state index contributed by atoms with van der Waals surface area (Å²) < 4.78 is 21.5. The van der Waals surface area contributed by atoms with Gasteiger partial charge in [0.05, 0.1) is 17.8 Å². The SMILES string of the molecule is CCc1c(F)ccc2cc(O)cc(N3CCc4c(nc(OCC56CCCN5CCC6)nc4N4C[C@H]5CC[C@@H](C4)N5)C3)c12. The molecular weight excluding hydrogens is 531 g/mol. The van der Waals surface area contributed by atoms with E-state index in [-0.39, 0.29) is 17.1 Å². The number of hydrogen-bond donors (Lipinski definition) is 2. The maximum Gasteiger partial charge on any atom is 0.318 e. The number of hydrogen-bond acceptors (Lipinski definition) is 8. The van der Waals surface area contributed by atoms with Crippen LogP contribution in [0.25, 0.3) is 10.8 Å². The summed E-state index contributed by atoms with van der Waals surface area (Å²) in [6.45, 7) is 8.17. The van der Waals surface area contributed by atoms with E-state index in [1.807, 2.05) is 6.92 Å². The van der Waals surface area contributed by atoms with Crippen LogP contribution in [0.15, 0.2) is 24.3 Å². The Labute approximate surface area is 246 Å². The van der Waals surface area contributed by atoms with Crippen LogP contribution < -0.4 is 19.9 Å². The Morgan fingerprint density at radius 1 is 1.05 bits per heavy atom. The van der Waals surface area contributed by atoms with Crippen LogP contribution in [0.5, 0.6) is 11.8 Å². The lowest BCUT2D eigenvalue weighted by molar-refractivity contribution is 0.107. The topological polar surface area (TPSA) is 77.0 Å². The van der Waals surface area contributed by atoms with Gasteiger partial charge in [0, 0.05) is 54.4 Å². The Balaban J connectivity index is 1.17. The summed E-state index contributed by atoms with van der Waals surface area (Å²) in [7, 11) is 0. The molecule has 0 radical (unpaired) electrons. The van der Waals surface area contributed by atoms with Gasteiger partial charge in [-0.3, -0.25) is 4.90 Å². The number of aromatic nitrogens is 2. The number of rotatable bonds is 6. The lowest BCUT2D eigenvalue weighted by Crippen LogP contribution is -2.52. The van der Waals surface area contributed by atoms with Crippen molar-refractivity contribution >= 4 is 22.3 Å². The van der Waals surface area contributed by atoms with Gasteiger partial charge in [0.15, 0.2) is 0 Å². The molecule has 5 aliphatic heterocycles. The van der Waals surface area contributed by atoms with Gasteiger partial charge in [-0.15, -0.1) is 0 Å². The number of aromatic hydroxyl groups is 1. The van der Waals surface area contributed by atoms with Crippen LogP contribution in [-0.4, -0.2) is 76.9 Å². The van der Waals surface area contributed by atoms with E-state index < -0.39 is 0 Å². The third-order valence-electron chi connectivity index (χ3n) is 10.6. The zero-order valence-corrected chi connectivity index (χ0v) is 24.5. The molecule has 5 aliphatic rings. The molecular formula is C33H41FN6O2. The minimum Gasteiger partial charge on any atom is -0.508 e. The molecule has 222 valence electrons. The van der Waals surface area contributed by atoms with Crippen molar-refractivity contribution in [2.75, 3.05) is 49.1 Å². The van der Waals surface area contributed by atoms with Gasteiger partial charge < -0.3 is 25.0 Å². The minimum absolute atomic E-state index is 0.126. The summed E-state index contributed by atoms with van der Waals surface area (Å²) >= 11 is 0. The first kappa shape index (κ1) is 26.5. The Bertz CT molecular complexity index is 1510. The highest BCUT2D eigenvalue weighted by molar-refractivity contribution is 5.98. The summed E-state index contributed by atoms with van der Waals surface area (Å²) in [4.78, 5) is 17.5. The van der Waals surface area contributed by atoms with Crippen LogP contribution >= 0.6 is 0 Å². The van der Waals surface area contributed by atoms with Gasteiger partial charge in [-0.05, 0) is 87.5 Å². The van der Waals surface area contributed by atoms with Gasteiger partial charge in [-0.25, -0.2) is 4.39 Å². The third-order valence-corrected chi connectivity index (χ3v) is 10.6. The summed E-state index contributed by atoms with van der Waals surface area (Å²) in [5.41, 5.74) is 3.86. The normalized spacial score (nSPS) is 24.8. The zero-order chi connectivity index (χ0) is 28.4. The highest BCUT2D eigenvalue weighted by Crippen LogP contribution is 2.41. The Kier molecular flexibility index (Phi) is 6.44. The molecule has 1 aromatic heterocycles. The number of ether oxygens (including phenoxy) is 1. The highest BCUT2D eigenvalue weighted by Gasteiger charge is 2.45. The first-order valence-corrected chi connectivity index (χ1v) is 16.0. The van der Waals surface area contributed by atoms with E-state index in [2.05, 4.69) is 20.0 Å². The standard InChI is InChI=1S/C33H41FN6O2/c1-2-25-27(34)8-5-21-15-24(41)16-29(30(21)25)38-14-9-26-28(19-38)36-32(42-20-33-10-3-12-40(33)13-4-11-33)37-31(26)39-17-22-6-7-23(18-39)35-22/h5,8,15-16,22-23,35,41H,2-4,6-7,9-14,17-20H2,1H3/t22-,23+. The van der Waals surface area contributed by atoms with E-state index >= 15 is 0 Å². The molecule has 0 unspecified atom stereocenters. The maximum absolute atomic E-state index is 15.0. The van der Waals surface area contributed by atoms with Gasteiger partial charge in [0.25, 0.3) is 0 Å².